The third-order valence-electron chi connectivity index (χ3n) is 5.05. The van der Waals surface area contributed by atoms with Crippen LogP contribution in [0.15, 0.2) is 79.0 Å². The van der Waals surface area contributed by atoms with Gasteiger partial charge in [-0.3, -0.25) is 4.79 Å². The summed E-state index contributed by atoms with van der Waals surface area (Å²) < 4.78 is 0. The van der Waals surface area contributed by atoms with Gasteiger partial charge in [0.25, 0.3) is 0 Å². The van der Waals surface area contributed by atoms with E-state index in [0.717, 1.165) is 39.8 Å². The molecule has 2 N–H and O–H groups in total. The summed E-state index contributed by atoms with van der Waals surface area (Å²) in [6.07, 6.45) is 5.01. The summed E-state index contributed by atoms with van der Waals surface area (Å²) in [6.45, 7) is 0. The number of para-hydroxylation sites is 2. The van der Waals surface area contributed by atoms with Gasteiger partial charge in [-0.25, -0.2) is 4.99 Å². The van der Waals surface area contributed by atoms with Gasteiger partial charge in [-0.15, -0.1) is 0 Å². The maximum absolute atomic E-state index is 11.1. The molecule has 0 radical (unpaired) electrons. The highest BCUT2D eigenvalue weighted by Crippen LogP contribution is 2.37. The molecule has 128 valence electrons. The first-order valence-corrected chi connectivity index (χ1v) is 8.91. The van der Waals surface area contributed by atoms with Crippen molar-refractivity contribution in [1.82, 2.24) is 4.98 Å². The molecule has 3 heteroatoms. The molecule has 27 heavy (non-hydrogen) atoms. The van der Waals surface area contributed by atoms with Crippen molar-refractivity contribution in [3.8, 4) is 0 Å². The van der Waals surface area contributed by atoms with Crippen LogP contribution in [0.3, 0.4) is 0 Å². The van der Waals surface area contributed by atoms with Crippen LogP contribution in [0.4, 0.5) is 5.69 Å². The van der Waals surface area contributed by atoms with Gasteiger partial charge in [-0.1, -0.05) is 54.6 Å². The molecule has 4 aromatic rings. The monoisotopic (exact) mass is 349 g/mol. The van der Waals surface area contributed by atoms with E-state index in [4.69, 9.17) is 0 Å². The molecule has 0 amide bonds. The Morgan fingerprint density at radius 1 is 0.889 bits per heavy atom. The number of aromatic nitrogens is 1. The van der Waals surface area contributed by atoms with Crippen molar-refractivity contribution in [2.75, 3.05) is 0 Å². The summed E-state index contributed by atoms with van der Waals surface area (Å²) in [6, 6.07) is 24.4. The minimum absolute atomic E-state index is 0.677. The Balaban J connectivity index is 1.82. The Labute approximate surface area is 156 Å². The molecule has 0 aliphatic carbocycles. The van der Waals surface area contributed by atoms with E-state index in [1.165, 1.54) is 10.9 Å². The molecule has 0 atom stereocenters. The zero-order chi connectivity index (χ0) is 18.2. The van der Waals surface area contributed by atoms with Gasteiger partial charge in [0.2, 0.25) is 5.69 Å². The molecule has 1 aliphatic rings. The first kappa shape index (κ1) is 15.5. The van der Waals surface area contributed by atoms with Crippen molar-refractivity contribution >= 4 is 40.2 Å². The Bertz CT molecular complexity index is 1230. The molecule has 0 saturated carbocycles. The van der Waals surface area contributed by atoms with E-state index in [9.17, 15) is 4.79 Å². The van der Waals surface area contributed by atoms with Gasteiger partial charge in [0.1, 0.15) is 6.29 Å². The molecule has 0 unspecified atom stereocenters. The summed E-state index contributed by atoms with van der Waals surface area (Å²) in [4.78, 5) is 17.8. The molecule has 2 heterocycles. The second-order valence-corrected chi connectivity index (χ2v) is 6.61. The molecule has 1 aliphatic heterocycles. The fourth-order valence-electron chi connectivity index (χ4n) is 3.74. The number of allylic oxidation sites excluding steroid dienone is 1. The number of aldehydes is 1. The number of rotatable bonds is 3. The molecule has 5 rings (SSSR count). The number of hydrogen-bond acceptors (Lipinski definition) is 1. The van der Waals surface area contributed by atoms with E-state index >= 15 is 0 Å². The molecule has 3 nitrogen and oxygen atoms in total. The molecular formula is C24H17N2O+. The van der Waals surface area contributed by atoms with Crippen LogP contribution in [0.1, 0.15) is 27.0 Å². The summed E-state index contributed by atoms with van der Waals surface area (Å²) in [5, 5.41) is 1.18. The van der Waals surface area contributed by atoms with Crippen LogP contribution in [-0.4, -0.2) is 17.5 Å². The molecule has 0 spiro atoms. The Kier molecular flexibility index (Phi) is 3.58. The standard InChI is InChI=1S/C24H16N2O/c27-15-16-9-11-17(12-10-16)24(20-13-25-22-7-3-1-5-18(20)22)21-14-26-23-8-4-2-6-19(21)23/h1-15,25H/p+1. The number of benzene rings is 3. The minimum atomic E-state index is 0.677. The molecule has 0 saturated heterocycles. The smallest absolute Gasteiger partial charge is 0.211 e. The van der Waals surface area contributed by atoms with E-state index in [0.29, 0.717) is 5.56 Å². The van der Waals surface area contributed by atoms with E-state index in [2.05, 4.69) is 58.8 Å². The van der Waals surface area contributed by atoms with Crippen LogP contribution in [0.5, 0.6) is 0 Å². The third kappa shape index (κ3) is 2.52. The van der Waals surface area contributed by atoms with Gasteiger partial charge < -0.3 is 4.98 Å². The van der Waals surface area contributed by atoms with Crippen molar-refractivity contribution in [3.63, 3.8) is 0 Å². The first-order chi connectivity index (χ1) is 13.3. The maximum Gasteiger partial charge on any atom is 0.211 e. The van der Waals surface area contributed by atoms with E-state index in [-0.39, 0.29) is 0 Å². The van der Waals surface area contributed by atoms with Crippen LogP contribution < -0.4 is 4.99 Å². The third-order valence-corrected chi connectivity index (χ3v) is 5.05. The summed E-state index contributed by atoms with van der Waals surface area (Å²) in [5.41, 5.74) is 8.58. The number of carbonyl (C=O) groups excluding carboxylic acids is 1. The topological polar surface area (TPSA) is 46.8 Å². The van der Waals surface area contributed by atoms with Crippen LogP contribution in [0.25, 0.3) is 22.0 Å². The average molecular weight is 349 g/mol. The second-order valence-electron chi connectivity index (χ2n) is 6.61. The van der Waals surface area contributed by atoms with Gasteiger partial charge >= 0.3 is 0 Å². The van der Waals surface area contributed by atoms with Crippen LogP contribution in [-0.2, 0) is 0 Å². The zero-order valence-corrected chi connectivity index (χ0v) is 14.6. The lowest BCUT2D eigenvalue weighted by molar-refractivity contribution is -0.342. The summed E-state index contributed by atoms with van der Waals surface area (Å²) >= 11 is 0. The SMILES string of the molecule is O=Cc1ccc(C(=C2C=[NH+]c3ccccc32)c2c[nH]c3ccccc23)cc1. The predicted octanol–water partition coefficient (Wildman–Crippen LogP) is 3.74. The normalized spacial score (nSPS) is 14.4. The fourth-order valence-corrected chi connectivity index (χ4v) is 3.74. The zero-order valence-electron chi connectivity index (χ0n) is 14.6. The van der Waals surface area contributed by atoms with Gasteiger partial charge in [-0.05, 0) is 17.7 Å². The summed E-state index contributed by atoms with van der Waals surface area (Å²) in [5.74, 6) is 0. The van der Waals surface area contributed by atoms with Crippen LogP contribution in [0, 0.1) is 0 Å². The summed E-state index contributed by atoms with van der Waals surface area (Å²) in [7, 11) is 0. The average Bonchev–Trinajstić information content (AvgIpc) is 3.34. The maximum atomic E-state index is 11.1. The van der Waals surface area contributed by atoms with Crippen LogP contribution in [0.2, 0.25) is 0 Å². The van der Waals surface area contributed by atoms with Gasteiger partial charge in [0.05, 0.1) is 11.1 Å². The number of aromatic amines is 1. The highest BCUT2D eigenvalue weighted by Gasteiger charge is 2.24. The first-order valence-electron chi connectivity index (χ1n) is 8.91. The molecule has 1 aromatic heterocycles. The quantitative estimate of drug-likeness (QED) is 0.544. The van der Waals surface area contributed by atoms with Gasteiger partial charge in [0, 0.05) is 39.9 Å². The number of H-pyrrole nitrogens is 1. The van der Waals surface area contributed by atoms with E-state index in [1.807, 2.05) is 36.4 Å². The van der Waals surface area contributed by atoms with Gasteiger partial charge in [0.15, 0.2) is 6.21 Å². The Morgan fingerprint density at radius 3 is 2.52 bits per heavy atom. The lowest BCUT2D eigenvalue weighted by Crippen LogP contribution is -2.58. The number of hydrogen-bond donors (Lipinski definition) is 2. The van der Waals surface area contributed by atoms with Gasteiger partial charge in [-0.2, -0.15) is 0 Å². The fraction of sp³-hybridized carbons (Fsp3) is 0. The van der Waals surface area contributed by atoms with E-state index in [1.54, 1.807) is 0 Å². The lowest BCUT2D eigenvalue weighted by Gasteiger charge is -2.10. The van der Waals surface area contributed by atoms with Crippen molar-refractivity contribution < 1.29 is 9.79 Å². The van der Waals surface area contributed by atoms with E-state index < -0.39 is 0 Å². The molecule has 0 fully saturated rings. The largest absolute Gasteiger partial charge is 0.361 e. The number of nitrogens with one attached hydrogen (secondary N) is 2. The van der Waals surface area contributed by atoms with Crippen LogP contribution >= 0.6 is 0 Å². The molecule has 3 aromatic carbocycles. The van der Waals surface area contributed by atoms with Crippen molar-refractivity contribution in [1.29, 1.82) is 0 Å². The Morgan fingerprint density at radius 2 is 1.67 bits per heavy atom. The van der Waals surface area contributed by atoms with Crippen molar-refractivity contribution in [2.45, 2.75) is 0 Å². The highest BCUT2D eigenvalue weighted by molar-refractivity contribution is 6.24. The van der Waals surface area contributed by atoms with Crippen molar-refractivity contribution in [3.05, 3.63) is 101 Å². The molecular weight excluding hydrogens is 332 g/mol. The highest BCUT2D eigenvalue weighted by atomic mass is 16.1. The van der Waals surface area contributed by atoms with Crippen molar-refractivity contribution in [2.24, 2.45) is 0 Å². The minimum Gasteiger partial charge on any atom is -0.361 e. The lowest BCUT2D eigenvalue weighted by atomic mass is 9.90. The Hall–Kier alpha value is -3.72. The predicted molar refractivity (Wildman–Crippen MR) is 109 cm³/mol. The number of fused-ring (bicyclic) bond motifs is 2. The molecule has 0 bridgehead atoms. The second kappa shape index (κ2) is 6.22. The number of carbonyl (C=O) groups is 1.